The Kier molecular flexibility index (Phi) is 6.19. The number of benzene rings is 1. The number of carbonyl (C=O) groups is 2. The van der Waals surface area contributed by atoms with Crippen molar-refractivity contribution in [1.82, 2.24) is 20.1 Å². The van der Waals surface area contributed by atoms with Crippen molar-refractivity contribution in [2.75, 3.05) is 12.9 Å². The molecule has 1 aromatic heterocycles. The summed E-state index contributed by atoms with van der Waals surface area (Å²) in [7, 11) is 3.37. The summed E-state index contributed by atoms with van der Waals surface area (Å²) >= 11 is 1.21. The first-order chi connectivity index (χ1) is 11.5. The maximum atomic E-state index is 12.0. The summed E-state index contributed by atoms with van der Waals surface area (Å²) in [4.78, 5) is 22.8. The number of hydrogen-bond donors (Lipinski definition) is 2. The van der Waals surface area contributed by atoms with Gasteiger partial charge in [0.15, 0.2) is 11.0 Å². The molecule has 0 aliphatic carbocycles. The zero-order chi connectivity index (χ0) is 17.5. The van der Waals surface area contributed by atoms with E-state index >= 15 is 0 Å². The van der Waals surface area contributed by atoms with Crippen LogP contribution in [0.25, 0.3) is 0 Å². The van der Waals surface area contributed by atoms with Crippen LogP contribution < -0.4 is 15.8 Å². The molecule has 0 bridgehead atoms. The van der Waals surface area contributed by atoms with E-state index in [0.29, 0.717) is 11.0 Å². The lowest BCUT2D eigenvalue weighted by Gasteiger charge is -2.06. The molecule has 2 rings (SSSR count). The number of hydrogen-bond acceptors (Lipinski definition) is 6. The molecule has 0 fully saturated rings. The van der Waals surface area contributed by atoms with Crippen molar-refractivity contribution in [3.05, 3.63) is 35.7 Å². The molecule has 0 radical (unpaired) electrons. The summed E-state index contributed by atoms with van der Waals surface area (Å²) in [6.07, 6.45) is 0.269. The van der Waals surface area contributed by atoms with Gasteiger partial charge in [0.1, 0.15) is 5.75 Å². The Morgan fingerprint density at radius 2 is 2.00 bits per heavy atom. The van der Waals surface area contributed by atoms with Crippen LogP contribution in [0.15, 0.2) is 29.4 Å². The topological polar surface area (TPSA) is 112 Å². The minimum Gasteiger partial charge on any atom is -0.497 e. The van der Waals surface area contributed by atoms with Gasteiger partial charge in [0.2, 0.25) is 11.8 Å². The Hall–Kier alpha value is -2.55. The van der Waals surface area contributed by atoms with E-state index < -0.39 is 5.91 Å². The average molecular weight is 349 g/mol. The van der Waals surface area contributed by atoms with Crippen molar-refractivity contribution in [2.45, 2.75) is 18.1 Å². The predicted octanol–water partition coefficient (Wildman–Crippen LogP) is 0.260. The minimum atomic E-state index is -0.419. The summed E-state index contributed by atoms with van der Waals surface area (Å²) in [6, 6.07) is 7.32. The number of rotatable bonds is 8. The molecule has 2 amide bonds. The first-order valence-electron chi connectivity index (χ1n) is 7.18. The van der Waals surface area contributed by atoms with E-state index in [1.165, 1.54) is 11.8 Å². The summed E-state index contributed by atoms with van der Waals surface area (Å²) in [5, 5.41) is 11.4. The average Bonchev–Trinajstić information content (AvgIpc) is 2.92. The fourth-order valence-electron chi connectivity index (χ4n) is 1.93. The molecule has 1 aromatic carbocycles. The quantitative estimate of drug-likeness (QED) is 0.661. The summed E-state index contributed by atoms with van der Waals surface area (Å²) in [6.45, 7) is 0.260. The van der Waals surface area contributed by atoms with E-state index in [0.717, 1.165) is 11.3 Å². The van der Waals surface area contributed by atoms with Crippen molar-refractivity contribution in [3.63, 3.8) is 0 Å². The third kappa shape index (κ3) is 4.98. The number of methoxy groups -OCH3 is 1. The van der Waals surface area contributed by atoms with Gasteiger partial charge in [-0.05, 0) is 17.7 Å². The van der Waals surface area contributed by atoms with Crippen LogP contribution in [0.1, 0.15) is 11.4 Å². The molecular weight excluding hydrogens is 330 g/mol. The summed E-state index contributed by atoms with van der Waals surface area (Å²) in [5.74, 6) is 0.951. The van der Waals surface area contributed by atoms with Gasteiger partial charge in [-0.1, -0.05) is 23.9 Å². The Bertz CT molecular complexity index is 714. The maximum Gasteiger partial charge on any atom is 0.227 e. The molecule has 0 aliphatic rings. The Morgan fingerprint density at radius 1 is 1.29 bits per heavy atom. The SMILES string of the molecule is COc1ccc(CC(=O)NCc2nnc(SCC(N)=O)n2C)cc1. The third-order valence-electron chi connectivity index (χ3n) is 3.24. The number of nitrogens with one attached hydrogen (secondary N) is 1. The number of ether oxygens (including phenoxy) is 1. The normalized spacial score (nSPS) is 10.4. The van der Waals surface area contributed by atoms with Gasteiger partial charge in [-0.25, -0.2) is 0 Å². The molecule has 9 heteroatoms. The van der Waals surface area contributed by atoms with E-state index in [2.05, 4.69) is 15.5 Å². The van der Waals surface area contributed by atoms with Gasteiger partial charge >= 0.3 is 0 Å². The van der Waals surface area contributed by atoms with Crippen LogP contribution in [0.2, 0.25) is 0 Å². The minimum absolute atomic E-state index is 0.116. The van der Waals surface area contributed by atoms with Crippen molar-refractivity contribution in [3.8, 4) is 5.75 Å². The van der Waals surface area contributed by atoms with E-state index in [4.69, 9.17) is 10.5 Å². The lowest BCUT2D eigenvalue weighted by molar-refractivity contribution is -0.120. The first kappa shape index (κ1) is 17.8. The largest absolute Gasteiger partial charge is 0.497 e. The van der Waals surface area contributed by atoms with E-state index in [-0.39, 0.29) is 24.6 Å². The third-order valence-corrected chi connectivity index (χ3v) is 4.28. The molecule has 8 nitrogen and oxygen atoms in total. The van der Waals surface area contributed by atoms with Crippen LogP contribution in [-0.4, -0.2) is 39.4 Å². The van der Waals surface area contributed by atoms with Crippen molar-refractivity contribution < 1.29 is 14.3 Å². The molecule has 0 saturated heterocycles. The number of nitrogens with two attached hydrogens (primary N) is 1. The second-order valence-electron chi connectivity index (χ2n) is 5.01. The number of primary amides is 1. The van der Waals surface area contributed by atoms with Crippen LogP contribution in [0.3, 0.4) is 0 Å². The second-order valence-corrected chi connectivity index (χ2v) is 5.96. The predicted molar refractivity (Wildman–Crippen MR) is 89.5 cm³/mol. The van der Waals surface area contributed by atoms with Crippen molar-refractivity contribution in [1.29, 1.82) is 0 Å². The van der Waals surface area contributed by atoms with Crippen LogP contribution >= 0.6 is 11.8 Å². The van der Waals surface area contributed by atoms with Crippen molar-refractivity contribution in [2.24, 2.45) is 12.8 Å². The van der Waals surface area contributed by atoms with Gasteiger partial charge in [-0.15, -0.1) is 10.2 Å². The molecule has 0 aliphatic heterocycles. The van der Waals surface area contributed by atoms with Crippen molar-refractivity contribution >= 4 is 23.6 Å². The van der Waals surface area contributed by atoms with E-state index in [9.17, 15) is 9.59 Å². The van der Waals surface area contributed by atoms with Gasteiger partial charge < -0.3 is 20.4 Å². The molecule has 1 heterocycles. The van der Waals surface area contributed by atoms with Gasteiger partial charge in [-0.2, -0.15) is 0 Å². The number of carbonyl (C=O) groups excluding carboxylic acids is 2. The lowest BCUT2D eigenvalue weighted by atomic mass is 10.1. The fourth-order valence-corrected chi connectivity index (χ4v) is 2.60. The van der Waals surface area contributed by atoms with Crippen LogP contribution in [0.5, 0.6) is 5.75 Å². The van der Waals surface area contributed by atoms with Gasteiger partial charge in [0, 0.05) is 7.05 Å². The van der Waals surface area contributed by atoms with Gasteiger partial charge in [-0.3, -0.25) is 9.59 Å². The highest BCUT2D eigenvalue weighted by atomic mass is 32.2. The standard InChI is InChI=1S/C15H19N5O3S/c1-20-13(18-19-15(20)24-9-12(16)21)8-17-14(22)7-10-3-5-11(23-2)6-4-10/h3-6H,7-9H2,1-2H3,(H2,16,21)(H,17,22). The highest BCUT2D eigenvalue weighted by Crippen LogP contribution is 2.15. The molecule has 0 unspecified atom stereocenters. The van der Waals surface area contributed by atoms with E-state index in [1.54, 1.807) is 18.7 Å². The van der Waals surface area contributed by atoms with Crippen LogP contribution in [0, 0.1) is 0 Å². The molecule has 0 atom stereocenters. The molecule has 24 heavy (non-hydrogen) atoms. The van der Waals surface area contributed by atoms with Gasteiger partial charge in [0.05, 0.1) is 25.8 Å². The monoisotopic (exact) mass is 349 g/mol. The highest BCUT2D eigenvalue weighted by Gasteiger charge is 2.11. The second kappa shape index (κ2) is 8.34. The summed E-state index contributed by atoms with van der Waals surface area (Å²) < 4.78 is 6.80. The molecule has 128 valence electrons. The Labute approximate surface area is 143 Å². The molecule has 0 spiro atoms. The molecular formula is C15H19N5O3S. The zero-order valence-electron chi connectivity index (χ0n) is 13.5. The zero-order valence-corrected chi connectivity index (χ0v) is 14.3. The number of nitrogens with zero attached hydrogens (tertiary/aromatic N) is 3. The first-order valence-corrected chi connectivity index (χ1v) is 8.17. The lowest BCUT2D eigenvalue weighted by Crippen LogP contribution is -2.26. The van der Waals surface area contributed by atoms with Crippen LogP contribution in [-0.2, 0) is 29.6 Å². The fraction of sp³-hybridized carbons (Fsp3) is 0.333. The molecule has 2 aromatic rings. The number of aromatic nitrogens is 3. The number of amides is 2. The van der Waals surface area contributed by atoms with E-state index in [1.807, 2.05) is 24.3 Å². The number of thioether (sulfide) groups is 1. The smallest absolute Gasteiger partial charge is 0.227 e. The van der Waals surface area contributed by atoms with Crippen LogP contribution in [0.4, 0.5) is 0 Å². The Morgan fingerprint density at radius 3 is 2.62 bits per heavy atom. The molecule has 0 saturated carbocycles. The maximum absolute atomic E-state index is 12.0. The summed E-state index contributed by atoms with van der Waals surface area (Å²) in [5.41, 5.74) is 6.00. The molecule has 3 N–H and O–H groups in total. The highest BCUT2D eigenvalue weighted by molar-refractivity contribution is 7.99. The Balaban J connectivity index is 1.86. The van der Waals surface area contributed by atoms with Gasteiger partial charge in [0.25, 0.3) is 0 Å².